The van der Waals surface area contributed by atoms with Crippen LogP contribution in [0.15, 0.2) is 17.1 Å². The second-order valence-electron chi connectivity index (χ2n) is 6.49. The number of hydrogen-bond acceptors (Lipinski definition) is 5. The van der Waals surface area contributed by atoms with Gasteiger partial charge in [0.1, 0.15) is 0 Å². The molecule has 0 unspecified atom stereocenters. The van der Waals surface area contributed by atoms with Crippen molar-refractivity contribution in [3.05, 3.63) is 17.7 Å². The summed E-state index contributed by atoms with van der Waals surface area (Å²) in [5, 5.41) is 6.56. The predicted molar refractivity (Wildman–Crippen MR) is 109 cm³/mol. The summed E-state index contributed by atoms with van der Waals surface area (Å²) in [7, 11) is 4.78. The van der Waals surface area contributed by atoms with Crippen LogP contribution in [0.1, 0.15) is 31.7 Å². The topological polar surface area (TPSA) is 84.4 Å². The van der Waals surface area contributed by atoms with Gasteiger partial charge in [0.05, 0.1) is 27.9 Å². The Morgan fingerprint density at radius 1 is 1.14 bits per heavy atom. The number of benzene rings is 1. The normalized spacial score (nSPS) is 14.2. The standard InChI is InChI=1S/C20H32N4O4/c1-5-21-20(22-9-7-11-24-10-6-8-18(24)25)23-14-15-12-16(26-2)19(28-4)17(13-15)27-3/h12-13H,5-11,14H2,1-4H3,(H2,21,22,23). The Labute approximate surface area is 167 Å². The Morgan fingerprint density at radius 2 is 1.86 bits per heavy atom. The Hall–Kier alpha value is -2.64. The van der Waals surface area contributed by atoms with Crippen molar-refractivity contribution in [2.24, 2.45) is 4.99 Å². The maximum Gasteiger partial charge on any atom is 0.222 e. The van der Waals surface area contributed by atoms with E-state index in [1.54, 1.807) is 21.3 Å². The highest BCUT2D eigenvalue weighted by Crippen LogP contribution is 2.38. The lowest BCUT2D eigenvalue weighted by Crippen LogP contribution is -2.39. The van der Waals surface area contributed by atoms with Gasteiger partial charge in [-0.3, -0.25) is 4.79 Å². The largest absolute Gasteiger partial charge is 0.493 e. The lowest BCUT2D eigenvalue weighted by atomic mass is 10.2. The number of methoxy groups -OCH3 is 3. The van der Waals surface area contributed by atoms with Crippen molar-refractivity contribution < 1.29 is 19.0 Å². The minimum atomic E-state index is 0.267. The zero-order valence-electron chi connectivity index (χ0n) is 17.3. The Bertz CT molecular complexity index is 653. The summed E-state index contributed by atoms with van der Waals surface area (Å²) < 4.78 is 16.1. The van der Waals surface area contributed by atoms with E-state index in [4.69, 9.17) is 14.2 Å². The van der Waals surface area contributed by atoms with E-state index in [0.29, 0.717) is 30.2 Å². The molecular weight excluding hydrogens is 360 g/mol. The summed E-state index contributed by atoms with van der Waals surface area (Å²) in [6.07, 6.45) is 2.55. The van der Waals surface area contributed by atoms with Crippen LogP contribution in [-0.4, -0.2) is 64.3 Å². The number of nitrogens with zero attached hydrogens (tertiary/aromatic N) is 2. The molecule has 1 saturated heterocycles. The summed E-state index contributed by atoms with van der Waals surface area (Å²) in [6, 6.07) is 3.79. The van der Waals surface area contributed by atoms with Gasteiger partial charge in [-0.25, -0.2) is 4.99 Å². The Kier molecular flexibility index (Phi) is 8.71. The van der Waals surface area contributed by atoms with Gasteiger partial charge in [0, 0.05) is 32.6 Å². The third-order valence-electron chi connectivity index (χ3n) is 4.56. The van der Waals surface area contributed by atoms with Crippen molar-refractivity contribution in [1.82, 2.24) is 15.5 Å². The van der Waals surface area contributed by atoms with Crippen LogP contribution >= 0.6 is 0 Å². The smallest absolute Gasteiger partial charge is 0.222 e. The molecule has 0 atom stereocenters. The molecule has 0 aromatic heterocycles. The number of nitrogens with one attached hydrogen (secondary N) is 2. The van der Waals surface area contributed by atoms with Crippen LogP contribution in [-0.2, 0) is 11.3 Å². The fraction of sp³-hybridized carbons (Fsp3) is 0.600. The molecule has 1 fully saturated rings. The molecule has 2 rings (SSSR count). The van der Waals surface area contributed by atoms with Crippen LogP contribution in [0.4, 0.5) is 0 Å². The minimum absolute atomic E-state index is 0.267. The first-order valence-electron chi connectivity index (χ1n) is 9.71. The third kappa shape index (κ3) is 5.94. The Balaban J connectivity index is 1.94. The van der Waals surface area contributed by atoms with Gasteiger partial charge in [-0.15, -0.1) is 0 Å². The molecule has 1 aromatic carbocycles. The van der Waals surface area contributed by atoms with Gasteiger partial charge in [-0.2, -0.15) is 0 Å². The first-order valence-corrected chi connectivity index (χ1v) is 9.71. The molecule has 0 saturated carbocycles. The SMILES string of the molecule is CCNC(=NCc1cc(OC)c(OC)c(OC)c1)NCCCN1CCCC1=O. The molecule has 1 aliphatic heterocycles. The number of likely N-dealkylation sites (tertiary alicyclic amines) is 1. The van der Waals surface area contributed by atoms with E-state index in [1.807, 2.05) is 24.0 Å². The second-order valence-corrected chi connectivity index (χ2v) is 6.49. The van der Waals surface area contributed by atoms with Gasteiger partial charge in [0.2, 0.25) is 11.7 Å². The molecule has 1 heterocycles. The van der Waals surface area contributed by atoms with Gasteiger partial charge in [-0.05, 0) is 37.5 Å². The van der Waals surface area contributed by atoms with E-state index < -0.39 is 0 Å². The van der Waals surface area contributed by atoms with E-state index in [1.165, 1.54) is 0 Å². The molecule has 1 aromatic rings. The van der Waals surface area contributed by atoms with E-state index in [9.17, 15) is 4.79 Å². The number of aliphatic imine (C=N–C) groups is 1. The average Bonchev–Trinajstić information content (AvgIpc) is 3.12. The van der Waals surface area contributed by atoms with Gasteiger partial charge in [-0.1, -0.05) is 0 Å². The van der Waals surface area contributed by atoms with Crippen LogP contribution in [0.3, 0.4) is 0 Å². The molecule has 0 radical (unpaired) electrons. The lowest BCUT2D eigenvalue weighted by Gasteiger charge is -2.17. The molecule has 1 aliphatic rings. The fourth-order valence-electron chi connectivity index (χ4n) is 3.16. The molecule has 8 nitrogen and oxygen atoms in total. The van der Waals surface area contributed by atoms with Crippen molar-refractivity contribution in [1.29, 1.82) is 0 Å². The quantitative estimate of drug-likeness (QED) is 0.359. The van der Waals surface area contributed by atoms with Crippen LogP contribution in [0.5, 0.6) is 17.2 Å². The first-order chi connectivity index (χ1) is 13.6. The van der Waals surface area contributed by atoms with Gasteiger partial charge < -0.3 is 29.7 Å². The molecule has 0 bridgehead atoms. The van der Waals surface area contributed by atoms with Crippen molar-refractivity contribution in [2.45, 2.75) is 32.7 Å². The predicted octanol–water partition coefficient (Wildman–Crippen LogP) is 1.78. The zero-order chi connectivity index (χ0) is 20.4. The van der Waals surface area contributed by atoms with Crippen LogP contribution < -0.4 is 24.8 Å². The highest BCUT2D eigenvalue weighted by atomic mass is 16.5. The van der Waals surface area contributed by atoms with Gasteiger partial charge >= 0.3 is 0 Å². The van der Waals surface area contributed by atoms with E-state index >= 15 is 0 Å². The molecule has 28 heavy (non-hydrogen) atoms. The van der Waals surface area contributed by atoms with Gasteiger partial charge in [0.25, 0.3) is 0 Å². The number of hydrogen-bond donors (Lipinski definition) is 2. The summed E-state index contributed by atoms with van der Waals surface area (Å²) in [6.45, 7) is 5.69. The summed E-state index contributed by atoms with van der Waals surface area (Å²) in [5.41, 5.74) is 0.953. The number of amides is 1. The van der Waals surface area contributed by atoms with Gasteiger partial charge in [0.15, 0.2) is 17.5 Å². The van der Waals surface area contributed by atoms with Crippen LogP contribution in [0.25, 0.3) is 0 Å². The summed E-state index contributed by atoms with van der Waals surface area (Å²) in [5.74, 6) is 2.80. The second kappa shape index (κ2) is 11.3. The Morgan fingerprint density at radius 3 is 2.39 bits per heavy atom. The monoisotopic (exact) mass is 392 g/mol. The van der Waals surface area contributed by atoms with Crippen molar-refractivity contribution in [2.75, 3.05) is 47.5 Å². The number of guanidine groups is 1. The fourth-order valence-corrected chi connectivity index (χ4v) is 3.16. The number of rotatable bonds is 10. The number of carbonyl (C=O) groups is 1. The van der Waals surface area contributed by atoms with E-state index in [-0.39, 0.29) is 5.91 Å². The van der Waals surface area contributed by atoms with Crippen molar-refractivity contribution in [3.8, 4) is 17.2 Å². The summed E-state index contributed by atoms with van der Waals surface area (Å²) in [4.78, 5) is 18.2. The van der Waals surface area contributed by atoms with Crippen LogP contribution in [0, 0.1) is 0 Å². The molecule has 0 aliphatic carbocycles. The molecule has 2 N–H and O–H groups in total. The summed E-state index contributed by atoms with van der Waals surface area (Å²) >= 11 is 0. The lowest BCUT2D eigenvalue weighted by molar-refractivity contribution is -0.127. The first kappa shape index (κ1) is 21.7. The zero-order valence-corrected chi connectivity index (χ0v) is 17.3. The molecule has 0 spiro atoms. The highest BCUT2D eigenvalue weighted by Gasteiger charge is 2.19. The number of ether oxygens (including phenoxy) is 3. The molecule has 8 heteroatoms. The highest BCUT2D eigenvalue weighted by molar-refractivity contribution is 5.80. The third-order valence-corrected chi connectivity index (χ3v) is 4.56. The maximum atomic E-state index is 11.7. The van der Waals surface area contributed by atoms with Crippen LogP contribution in [0.2, 0.25) is 0 Å². The van der Waals surface area contributed by atoms with Crippen molar-refractivity contribution in [3.63, 3.8) is 0 Å². The number of carbonyl (C=O) groups excluding carboxylic acids is 1. The van der Waals surface area contributed by atoms with Crippen molar-refractivity contribution >= 4 is 11.9 Å². The molecular formula is C20H32N4O4. The molecule has 156 valence electrons. The minimum Gasteiger partial charge on any atom is -0.493 e. The van der Waals surface area contributed by atoms with E-state index in [0.717, 1.165) is 50.5 Å². The van der Waals surface area contributed by atoms with E-state index in [2.05, 4.69) is 15.6 Å². The molecule has 1 amide bonds. The maximum absolute atomic E-state index is 11.7. The average molecular weight is 393 g/mol.